The maximum atomic E-state index is 13.3. The summed E-state index contributed by atoms with van der Waals surface area (Å²) < 4.78 is 0. The average molecular weight is 521 g/mol. The minimum absolute atomic E-state index is 0.102. The molecule has 7 N–H and O–H groups in total. The third-order valence-electron chi connectivity index (χ3n) is 6.03. The van der Waals surface area contributed by atoms with Gasteiger partial charge >= 0.3 is 11.9 Å². The van der Waals surface area contributed by atoms with Crippen LogP contribution in [-0.4, -0.2) is 64.0 Å². The molecule has 0 fully saturated rings. The van der Waals surface area contributed by atoms with Crippen LogP contribution in [0.2, 0.25) is 0 Å². The van der Waals surface area contributed by atoms with Crippen LogP contribution in [-0.2, 0) is 30.4 Å². The molecule has 0 saturated carbocycles. The maximum Gasteiger partial charge on any atom is 0.326 e. The van der Waals surface area contributed by atoms with E-state index in [0.717, 1.165) is 5.56 Å². The predicted molar refractivity (Wildman–Crippen MR) is 137 cm³/mol. The SMILES string of the molecule is CCC(C)C(NC(=O)C(CCC(=O)O)NC(=O)C(Cc1ccccc1)NC(=O)C(N)CC(C)C)C(=O)O. The van der Waals surface area contributed by atoms with Crippen molar-refractivity contribution in [1.29, 1.82) is 0 Å². The first-order valence-electron chi connectivity index (χ1n) is 12.5. The van der Waals surface area contributed by atoms with Gasteiger partial charge < -0.3 is 31.9 Å². The summed E-state index contributed by atoms with van der Waals surface area (Å²) in [6.07, 6.45) is 0.282. The number of nitrogens with two attached hydrogens (primary N) is 1. The summed E-state index contributed by atoms with van der Waals surface area (Å²) in [5.41, 5.74) is 6.73. The van der Waals surface area contributed by atoms with Crippen LogP contribution in [0.25, 0.3) is 0 Å². The Labute approximate surface area is 217 Å². The maximum absolute atomic E-state index is 13.3. The number of carboxylic acids is 2. The van der Waals surface area contributed by atoms with Gasteiger partial charge in [0.25, 0.3) is 0 Å². The zero-order valence-corrected chi connectivity index (χ0v) is 21.9. The summed E-state index contributed by atoms with van der Waals surface area (Å²) >= 11 is 0. The molecule has 1 aromatic carbocycles. The molecule has 0 bridgehead atoms. The Morgan fingerprint density at radius 3 is 1.95 bits per heavy atom. The molecule has 37 heavy (non-hydrogen) atoms. The number of amides is 3. The van der Waals surface area contributed by atoms with Crippen LogP contribution in [0.3, 0.4) is 0 Å². The molecule has 0 aliphatic heterocycles. The topological polar surface area (TPSA) is 188 Å². The largest absolute Gasteiger partial charge is 0.481 e. The van der Waals surface area contributed by atoms with Gasteiger partial charge in [0.15, 0.2) is 0 Å². The van der Waals surface area contributed by atoms with Crippen LogP contribution in [0.1, 0.15) is 58.9 Å². The number of hydrogen-bond acceptors (Lipinski definition) is 6. The Hall–Kier alpha value is -3.47. The van der Waals surface area contributed by atoms with Gasteiger partial charge in [-0.05, 0) is 30.2 Å². The molecule has 0 aliphatic carbocycles. The number of rotatable bonds is 16. The van der Waals surface area contributed by atoms with E-state index in [1.54, 1.807) is 44.2 Å². The Morgan fingerprint density at radius 2 is 1.43 bits per heavy atom. The molecule has 5 unspecified atom stereocenters. The summed E-state index contributed by atoms with van der Waals surface area (Å²) in [4.78, 5) is 61.8. The van der Waals surface area contributed by atoms with Crippen LogP contribution >= 0.6 is 0 Å². The van der Waals surface area contributed by atoms with Gasteiger partial charge in [-0.1, -0.05) is 64.4 Å². The predicted octanol–water partition coefficient (Wildman–Crippen LogP) is 1.05. The smallest absolute Gasteiger partial charge is 0.326 e. The lowest BCUT2D eigenvalue weighted by Crippen LogP contribution is -2.58. The molecular formula is C26H40N4O7. The zero-order chi connectivity index (χ0) is 28.1. The highest BCUT2D eigenvalue weighted by Gasteiger charge is 2.32. The van der Waals surface area contributed by atoms with Crippen LogP contribution in [0.15, 0.2) is 30.3 Å². The molecule has 206 valence electrons. The van der Waals surface area contributed by atoms with E-state index >= 15 is 0 Å². The van der Waals surface area contributed by atoms with E-state index in [0.29, 0.717) is 12.8 Å². The molecule has 0 radical (unpaired) electrons. The van der Waals surface area contributed by atoms with Gasteiger partial charge in [-0.2, -0.15) is 0 Å². The highest BCUT2D eigenvalue weighted by molar-refractivity contribution is 5.94. The van der Waals surface area contributed by atoms with Gasteiger partial charge in [0, 0.05) is 12.8 Å². The molecule has 1 rings (SSSR count). The third kappa shape index (κ3) is 11.4. The molecule has 0 heterocycles. The number of carbonyl (C=O) groups excluding carboxylic acids is 3. The summed E-state index contributed by atoms with van der Waals surface area (Å²) in [5, 5.41) is 26.2. The van der Waals surface area contributed by atoms with Gasteiger partial charge in [-0.25, -0.2) is 4.79 Å². The van der Waals surface area contributed by atoms with Crippen LogP contribution in [0.5, 0.6) is 0 Å². The number of aliphatic carboxylic acids is 2. The molecular weight excluding hydrogens is 480 g/mol. The van der Waals surface area contributed by atoms with Crippen molar-refractivity contribution in [3.8, 4) is 0 Å². The normalized spacial score (nSPS) is 15.1. The molecule has 1 aromatic rings. The Balaban J connectivity index is 3.15. The van der Waals surface area contributed by atoms with Crippen LogP contribution < -0.4 is 21.7 Å². The van der Waals surface area contributed by atoms with Crippen molar-refractivity contribution in [2.24, 2.45) is 17.6 Å². The van der Waals surface area contributed by atoms with Crippen molar-refractivity contribution in [2.45, 2.75) is 84.0 Å². The van der Waals surface area contributed by atoms with E-state index in [9.17, 15) is 29.1 Å². The van der Waals surface area contributed by atoms with E-state index in [2.05, 4.69) is 16.0 Å². The lowest BCUT2D eigenvalue weighted by molar-refractivity contribution is -0.144. The number of carbonyl (C=O) groups is 5. The van der Waals surface area contributed by atoms with Gasteiger partial charge in [0.1, 0.15) is 18.1 Å². The standard InChI is InChI=1S/C26H40N4O7/c1-5-16(4)22(26(36)37)30-24(34)19(11-12-21(31)32)28-25(35)20(14-17-9-7-6-8-10-17)29-23(33)18(27)13-15(2)3/h6-10,15-16,18-20,22H,5,11-14,27H2,1-4H3,(H,28,35)(H,29,33)(H,30,34)(H,31,32)(H,36,37). The summed E-state index contributed by atoms with van der Waals surface area (Å²) in [5.74, 6) is -4.72. The molecule has 0 spiro atoms. The van der Waals surface area contributed by atoms with Crippen molar-refractivity contribution < 1.29 is 34.2 Å². The van der Waals surface area contributed by atoms with Crippen molar-refractivity contribution >= 4 is 29.7 Å². The van der Waals surface area contributed by atoms with Gasteiger partial charge in [0.05, 0.1) is 6.04 Å². The molecule has 11 heteroatoms. The fraction of sp³-hybridized carbons (Fsp3) is 0.577. The average Bonchev–Trinajstić information content (AvgIpc) is 2.83. The van der Waals surface area contributed by atoms with Gasteiger partial charge in [0.2, 0.25) is 17.7 Å². The van der Waals surface area contributed by atoms with Crippen molar-refractivity contribution in [3.05, 3.63) is 35.9 Å². The van der Waals surface area contributed by atoms with Gasteiger partial charge in [-0.15, -0.1) is 0 Å². The monoisotopic (exact) mass is 520 g/mol. The summed E-state index contributed by atoms with van der Waals surface area (Å²) in [6.45, 7) is 7.26. The quantitative estimate of drug-likeness (QED) is 0.186. The Bertz CT molecular complexity index is 923. The number of nitrogens with one attached hydrogen (secondary N) is 3. The van der Waals surface area contributed by atoms with Crippen molar-refractivity contribution in [1.82, 2.24) is 16.0 Å². The minimum atomic E-state index is -1.32. The van der Waals surface area contributed by atoms with Crippen molar-refractivity contribution in [3.63, 3.8) is 0 Å². The third-order valence-corrected chi connectivity index (χ3v) is 6.03. The fourth-order valence-electron chi connectivity index (χ4n) is 3.70. The van der Waals surface area contributed by atoms with E-state index in [4.69, 9.17) is 10.8 Å². The molecule has 0 aliphatic rings. The number of carboxylic acid groups (broad SMARTS) is 2. The van der Waals surface area contributed by atoms with E-state index in [1.165, 1.54) is 0 Å². The summed E-state index contributed by atoms with van der Waals surface area (Å²) in [7, 11) is 0. The first-order chi connectivity index (χ1) is 17.3. The van der Waals surface area contributed by atoms with E-state index in [1.807, 2.05) is 13.8 Å². The van der Waals surface area contributed by atoms with E-state index < -0.39 is 66.2 Å². The Morgan fingerprint density at radius 1 is 0.865 bits per heavy atom. The molecule has 0 aromatic heterocycles. The highest BCUT2D eigenvalue weighted by atomic mass is 16.4. The zero-order valence-electron chi connectivity index (χ0n) is 21.9. The molecule has 3 amide bonds. The number of hydrogen-bond donors (Lipinski definition) is 6. The first-order valence-corrected chi connectivity index (χ1v) is 12.5. The summed E-state index contributed by atoms with van der Waals surface area (Å²) in [6, 6.07) is 4.43. The first kappa shape index (κ1) is 31.6. The van der Waals surface area contributed by atoms with Crippen LogP contribution in [0, 0.1) is 11.8 Å². The second-order valence-electron chi connectivity index (χ2n) is 9.69. The lowest BCUT2D eigenvalue weighted by Gasteiger charge is -2.26. The lowest BCUT2D eigenvalue weighted by atomic mass is 9.98. The highest BCUT2D eigenvalue weighted by Crippen LogP contribution is 2.11. The molecule has 11 nitrogen and oxygen atoms in total. The van der Waals surface area contributed by atoms with Crippen molar-refractivity contribution in [2.75, 3.05) is 0 Å². The second-order valence-corrected chi connectivity index (χ2v) is 9.69. The second kappa shape index (κ2) is 15.6. The van der Waals surface area contributed by atoms with E-state index in [-0.39, 0.29) is 18.8 Å². The Kier molecular flexibility index (Phi) is 13.3. The minimum Gasteiger partial charge on any atom is -0.481 e. The molecule has 5 atom stereocenters. The van der Waals surface area contributed by atoms with Crippen LogP contribution in [0.4, 0.5) is 0 Å². The number of benzene rings is 1. The molecule has 0 saturated heterocycles. The van der Waals surface area contributed by atoms with Gasteiger partial charge in [-0.3, -0.25) is 19.2 Å². The fourth-order valence-corrected chi connectivity index (χ4v) is 3.70.